The number of para-hydroxylation sites is 2. The summed E-state index contributed by atoms with van der Waals surface area (Å²) in [6.45, 7) is 0. The second kappa shape index (κ2) is 12.9. The van der Waals surface area contributed by atoms with Gasteiger partial charge in [0.05, 0.1) is 35.7 Å². The molecule has 0 saturated carbocycles. The topological polar surface area (TPSA) is 17.8 Å². The fraction of sp³-hybridized carbons (Fsp3) is 0. The van der Waals surface area contributed by atoms with E-state index in [-0.39, 0.29) is 60.5 Å². The molecule has 10 aromatic rings. The van der Waals surface area contributed by atoms with Crippen molar-refractivity contribution in [1.29, 1.82) is 0 Å². The van der Waals surface area contributed by atoms with Crippen molar-refractivity contribution >= 4 is 32.6 Å². The molecule has 0 unspecified atom stereocenters. The van der Waals surface area contributed by atoms with Crippen molar-refractivity contribution in [3.8, 4) is 61.6 Å². The van der Waals surface area contributed by atoms with Gasteiger partial charge in [0.2, 0.25) is 0 Å². The van der Waals surface area contributed by atoms with Crippen molar-refractivity contribution < 1.29 is 24.7 Å². The molecule has 9 aromatic carbocycles. The fourth-order valence-corrected chi connectivity index (χ4v) is 6.92. The summed E-state index contributed by atoms with van der Waals surface area (Å²) >= 11 is 0. The highest BCUT2D eigenvalue weighted by molar-refractivity contribution is 6.21. The molecule has 0 aliphatic rings. The number of hydrogen-bond acceptors (Lipinski definition) is 1. The molecule has 0 bridgehead atoms. The number of aromatic nitrogens is 2. The summed E-state index contributed by atoms with van der Waals surface area (Å²) < 4.78 is 163. The Morgan fingerprint density at radius 3 is 1.47 bits per heavy atom. The molecule has 0 amide bonds. The Hall–Kier alpha value is -7.03. The van der Waals surface area contributed by atoms with Gasteiger partial charge < -0.3 is 0 Å². The molecule has 0 radical (unpaired) electrons. The van der Waals surface area contributed by atoms with E-state index in [1.807, 2.05) is 65.2 Å². The first-order valence-electron chi connectivity index (χ1n) is 25.7. The lowest BCUT2D eigenvalue weighted by Gasteiger charge is -2.20. The van der Waals surface area contributed by atoms with Crippen molar-refractivity contribution in [3.63, 3.8) is 0 Å². The molecule has 0 atom stereocenters. The summed E-state index contributed by atoms with van der Waals surface area (Å²) in [6.07, 6.45) is 0. The van der Waals surface area contributed by atoms with Crippen LogP contribution in [0.1, 0.15) is 24.7 Å². The summed E-state index contributed by atoms with van der Waals surface area (Å²) in [7, 11) is 0. The van der Waals surface area contributed by atoms with E-state index in [9.17, 15) is 5.48 Å². The minimum atomic E-state index is -0.707. The number of hydrogen-bond donors (Lipinski definition) is 0. The first-order chi connectivity index (χ1) is 33.8. The monoisotopic (exact) mass is 692 g/mol. The molecule has 0 aliphatic heterocycles. The second-order valence-electron chi connectivity index (χ2n) is 12.2. The zero-order valence-corrected chi connectivity index (χ0v) is 27.6. The van der Waals surface area contributed by atoms with Gasteiger partial charge in [0, 0.05) is 11.3 Å². The van der Waals surface area contributed by atoms with Crippen molar-refractivity contribution in [2.75, 3.05) is 0 Å². The summed E-state index contributed by atoms with van der Waals surface area (Å²) in [5, 5.41) is -0.761. The fourth-order valence-electron chi connectivity index (χ4n) is 6.92. The standard InChI is InChI=1S/C51H34N2/c1-4-17-35(18-5-1)39-31-40(36-19-6-2-7-20-36)33-41(32-39)50-45-27-12-10-25-43(45)49(44-26-11-13-28-46(44)50)38-23-16-24-42(34-38)53-48-30-15-14-29-47(48)52-51(53)37-21-8-3-9-22-37/h1-34H/i1D,2D,4D,5D,6D,7D,10D,11D,12D,13D,17D,18D,19D,20D,25D,26D,27D,28D. The molecular formula is C51H34N2. The molecule has 1 aromatic heterocycles. The molecule has 0 spiro atoms. The molecule has 2 heteroatoms. The second-order valence-corrected chi connectivity index (χ2v) is 12.2. The van der Waals surface area contributed by atoms with E-state index >= 15 is 0 Å². The first kappa shape index (κ1) is 17.5. The third-order valence-corrected chi connectivity index (χ3v) is 9.16. The normalized spacial score (nSPS) is 16.2. The van der Waals surface area contributed by atoms with Crippen LogP contribution in [0.15, 0.2) is 206 Å². The lowest BCUT2D eigenvalue weighted by Crippen LogP contribution is -1.98. The maximum Gasteiger partial charge on any atom is 0.145 e. The first-order valence-corrected chi connectivity index (χ1v) is 16.7. The SMILES string of the molecule is [2H]c1c([2H])c([2H])c(-c2cc(-c3c([2H])c([2H])c([2H])c([2H])c3[2H])cc(-c3c4c([2H])c([2H])c([2H])c([2H])c4c(-c4cccc(-n5c(-c6ccccc6)nc6ccccc65)c4)c4c([2H])c([2H])c([2H])c([2H])c34)c2)c([2H])c1[2H]. The quantitative estimate of drug-likeness (QED) is 0.159. The molecule has 0 N–H and O–H groups in total. The number of nitrogens with zero attached hydrogens (tertiary/aromatic N) is 2. The van der Waals surface area contributed by atoms with Crippen LogP contribution in [-0.2, 0) is 0 Å². The van der Waals surface area contributed by atoms with E-state index in [0.29, 0.717) is 22.6 Å². The predicted octanol–water partition coefficient (Wildman–Crippen LogP) is 13.7. The highest BCUT2D eigenvalue weighted by atomic mass is 15.1. The highest BCUT2D eigenvalue weighted by Crippen LogP contribution is 2.45. The van der Waals surface area contributed by atoms with Crippen LogP contribution in [0, 0.1) is 0 Å². The van der Waals surface area contributed by atoms with Crippen molar-refractivity contribution in [1.82, 2.24) is 9.55 Å². The minimum absolute atomic E-state index is 0.0258. The summed E-state index contributed by atoms with van der Waals surface area (Å²) in [6, 6.07) is 15.9. The Bertz CT molecular complexity index is 3750. The maximum absolute atomic E-state index is 9.62. The van der Waals surface area contributed by atoms with E-state index < -0.39 is 109 Å². The smallest absolute Gasteiger partial charge is 0.145 e. The summed E-state index contributed by atoms with van der Waals surface area (Å²) in [5.41, 5.74) is 1.77. The minimum Gasteiger partial charge on any atom is -0.292 e. The van der Waals surface area contributed by atoms with Crippen LogP contribution in [0.4, 0.5) is 0 Å². The Balaban J connectivity index is 1.41. The predicted molar refractivity (Wildman–Crippen MR) is 223 cm³/mol. The Labute approximate surface area is 334 Å². The van der Waals surface area contributed by atoms with Gasteiger partial charge in [-0.1, -0.05) is 163 Å². The van der Waals surface area contributed by atoms with E-state index in [0.717, 1.165) is 11.1 Å². The third kappa shape index (κ3) is 5.40. The Morgan fingerprint density at radius 1 is 0.377 bits per heavy atom. The van der Waals surface area contributed by atoms with Gasteiger partial charge in [-0.15, -0.1) is 0 Å². The lowest BCUT2D eigenvalue weighted by atomic mass is 9.84. The van der Waals surface area contributed by atoms with Crippen LogP contribution in [0.25, 0.3) is 94.2 Å². The van der Waals surface area contributed by atoms with E-state index in [2.05, 4.69) is 0 Å². The molecular weight excluding hydrogens is 641 g/mol. The number of benzene rings is 9. The molecule has 10 rings (SSSR count). The van der Waals surface area contributed by atoms with Crippen LogP contribution < -0.4 is 0 Å². The molecule has 248 valence electrons. The van der Waals surface area contributed by atoms with Gasteiger partial charge in [-0.3, -0.25) is 4.57 Å². The van der Waals surface area contributed by atoms with Gasteiger partial charge in [-0.2, -0.15) is 0 Å². The van der Waals surface area contributed by atoms with Gasteiger partial charge in [0.25, 0.3) is 0 Å². The molecule has 0 saturated heterocycles. The molecule has 0 aliphatic carbocycles. The average molecular weight is 693 g/mol. The highest BCUT2D eigenvalue weighted by Gasteiger charge is 2.20. The maximum atomic E-state index is 9.62. The van der Waals surface area contributed by atoms with Crippen LogP contribution in [0.2, 0.25) is 0 Å². The molecule has 53 heavy (non-hydrogen) atoms. The molecule has 2 nitrogen and oxygen atoms in total. The van der Waals surface area contributed by atoms with Crippen LogP contribution >= 0.6 is 0 Å². The van der Waals surface area contributed by atoms with E-state index in [1.165, 1.54) is 18.2 Å². The average Bonchev–Trinajstić information content (AvgIpc) is 3.77. The van der Waals surface area contributed by atoms with Crippen molar-refractivity contribution in [3.05, 3.63) is 206 Å². The number of imidazole rings is 1. The van der Waals surface area contributed by atoms with Crippen molar-refractivity contribution in [2.24, 2.45) is 0 Å². The lowest BCUT2D eigenvalue weighted by molar-refractivity contribution is 1.10. The van der Waals surface area contributed by atoms with Gasteiger partial charge >= 0.3 is 0 Å². The zero-order valence-electron chi connectivity index (χ0n) is 45.6. The third-order valence-electron chi connectivity index (χ3n) is 9.16. The van der Waals surface area contributed by atoms with Crippen LogP contribution in [0.3, 0.4) is 0 Å². The van der Waals surface area contributed by atoms with Gasteiger partial charge in [0.15, 0.2) is 0 Å². The van der Waals surface area contributed by atoms with Gasteiger partial charge in [-0.05, 0) is 109 Å². The van der Waals surface area contributed by atoms with E-state index in [4.69, 9.17) is 24.2 Å². The molecule has 1 heterocycles. The van der Waals surface area contributed by atoms with Gasteiger partial charge in [0.1, 0.15) is 5.82 Å². The molecule has 0 fully saturated rings. The largest absolute Gasteiger partial charge is 0.292 e. The van der Waals surface area contributed by atoms with Crippen LogP contribution in [0.5, 0.6) is 0 Å². The van der Waals surface area contributed by atoms with Gasteiger partial charge in [-0.25, -0.2) is 4.98 Å². The number of fused-ring (bicyclic) bond motifs is 3. The Kier molecular flexibility index (Phi) is 4.26. The van der Waals surface area contributed by atoms with Crippen molar-refractivity contribution in [2.45, 2.75) is 0 Å². The summed E-state index contributed by atoms with van der Waals surface area (Å²) in [5.74, 6) is 0.576. The zero-order chi connectivity index (χ0) is 50.8. The summed E-state index contributed by atoms with van der Waals surface area (Å²) in [4.78, 5) is 4.96. The van der Waals surface area contributed by atoms with E-state index in [1.54, 1.807) is 18.2 Å². The number of rotatable bonds is 6. The van der Waals surface area contributed by atoms with Crippen LogP contribution in [-0.4, -0.2) is 9.55 Å². The Morgan fingerprint density at radius 2 is 0.868 bits per heavy atom.